The Balaban J connectivity index is -0.000000945. The zero-order chi connectivity index (χ0) is 26.0. The Kier molecular flexibility index (Phi) is 20.4. The molecule has 0 aliphatic rings. The highest BCUT2D eigenvalue weighted by molar-refractivity contribution is 5.73. The molecule has 2 aromatic carbocycles. The van der Waals surface area contributed by atoms with Crippen LogP contribution in [0.25, 0.3) is 0 Å². The first-order chi connectivity index (χ1) is 15.2. The van der Waals surface area contributed by atoms with Gasteiger partial charge in [-0.05, 0) is 74.1 Å². The molecule has 2 aromatic rings. The van der Waals surface area contributed by atoms with E-state index in [1.807, 2.05) is 95.2 Å². The van der Waals surface area contributed by atoms with Crippen LogP contribution in [0, 0.1) is 27.7 Å². The standard InChI is InChI=1S/C19H23NO4.4C2H6/c1-10-7-15(8-11(2)17(10)21)24-18-12(3)5-14(6-13(18)4)9-16(20)19(22)23;4*1-2/h5-8,16,21H,9,20H2,1-4H3,(H,22,23);4*1-2H3. The van der Waals surface area contributed by atoms with Gasteiger partial charge in [0.05, 0.1) is 0 Å². The highest BCUT2D eigenvalue weighted by Gasteiger charge is 2.15. The second-order valence-corrected chi connectivity index (χ2v) is 6.22. The van der Waals surface area contributed by atoms with Gasteiger partial charge in [0.15, 0.2) is 0 Å². The van der Waals surface area contributed by atoms with Crippen molar-refractivity contribution < 1.29 is 19.7 Å². The van der Waals surface area contributed by atoms with Gasteiger partial charge in [0.25, 0.3) is 0 Å². The minimum atomic E-state index is -1.01. The van der Waals surface area contributed by atoms with Crippen LogP contribution in [0.3, 0.4) is 0 Å². The Morgan fingerprint density at radius 2 is 1.19 bits per heavy atom. The lowest BCUT2D eigenvalue weighted by molar-refractivity contribution is -0.138. The number of aryl methyl sites for hydroxylation is 4. The van der Waals surface area contributed by atoms with Gasteiger partial charge in [-0.3, -0.25) is 4.79 Å². The van der Waals surface area contributed by atoms with E-state index < -0.39 is 12.0 Å². The van der Waals surface area contributed by atoms with Crippen molar-refractivity contribution >= 4 is 5.97 Å². The fourth-order valence-corrected chi connectivity index (χ4v) is 2.75. The first-order valence-electron chi connectivity index (χ1n) is 11.8. The summed E-state index contributed by atoms with van der Waals surface area (Å²) in [6.07, 6.45) is 0.273. The number of hydrogen-bond donors (Lipinski definition) is 3. The number of carbonyl (C=O) groups is 1. The van der Waals surface area contributed by atoms with Crippen molar-refractivity contribution in [2.75, 3.05) is 0 Å². The van der Waals surface area contributed by atoms with E-state index in [9.17, 15) is 9.90 Å². The summed E-state index contributed by atoms with van der Waals surface area (Å²) in [6.45, 7) is 23.5. The number of hydrogen-bond acceptors (Lipinski definition) is 4. The number of ether oxygens (including phenoxy) is 1. The number of phenols is 1. The molecule has 0 saturated heterocycles. The third-order valence-corrected chi connectivity index (χ3v) is 3.98. The Hall–Kier alpha value is -2.53. The highest BCUT2D eigenvalue weighted by Crippen LogP contribution is 2.33. The van der Waals surface area contributed by atoms with Crippen LogP contribution in [0.4, 0.5) is 0 Å². The molecule has 0 aliphatic carbocycles. The van der Waals surface area contributed by atoms with Gasteiger partial charge >= 0.3 is 5.97 Å². The number of nitrogens with two attached hydrogens (primary N) is 1. The van der Waals surface area contributed by atoms with Crippen LogP contribution in [-0.4, -0.2) is 22.2 Å². The van der Waals surface area contributed by atoms with Crippen molar-refractivity contribution in [3.05, 3.63) is 52.1 Å². The maximum absolute atomic E-state index is 10.9. The van der Waals surface area contributed by atoms with Crippen LogP contribution < -0.4 is 10.5 Å². The van der Waals surface area contributed by atoms with Crippen LogP contribution in [0.5, 0.6) is 17.2 Å². The van der Waals surface area contributed by atoms with Crippen LogP contribution in [0.1, 0.15) is 83.2 Å². The van der Waals surface area contributed by atoms with E-state index in [1.165, 1.54) is 0 Å². The minimum absolute atomic E-state index is 0.272. The molecule has 5 nitrogen and oxygen atoms in total. The lowest BCUT2D eigenvalue weighted by atomic mass is 10.0. The lowest BCUT2D eigenvalue weighted by Crippen LogP contribution is -2.32. The highest BCUT2D eigenvalue weighted by atomic mass is 16.5. The molecule has 4 N–H and O–H groups in total. The van der Waals surface area contributed by atoms with Crippen molar-refractivity contribution in [2.45, 2.75) is 95.5 Å². The molecule has 0 saturated carbocycles. The number of carboxylic acid groups (broad SMARTS) is 1. The van der Waals surface area contributed by atoms with E-state index in [0.717, 1.165) is 33.6 Å². The van der Waals surface area contributed by atoms with Gasteiger partial charge in [-0.15, -0.1) is 0 Å². The summed E-state index contributed by atoms with van der Waals surface area (Å²) in [4.78, 5) is 10.9. The normalized spacial score (nSPS) is 9.78. The maximum Gasteiger partial charge on any atom is 0.320 e. The van der Waals surface area contributed by atoms with Gasteiger partial charge in [-0.25, -0.2) is 0 Å². The Labute approximate surface area is 196 Å². The topological polar surface area (TPSA) is 92.8 Å². The Morgan fingerprint density at radius 1 is 0.812 bits per heavy atom. The molecule has 32 heavy (non-hydrogen) atoms. The molecular weight excluding hydrogens is 402 g/mol. The molecule has 5 heteroatoms. The molecule has 0 aromatic heterocycles. The summed E-state index contributed by atoms with van der Waals surface area (Å²) in [5.74, 6) is 0.644. The molecular formula is C27H47NO4. The molecule has 1 unspecified atom stereocenters. The zero-order valence-electron chi connectivity index (χ0n) is 22.4. The molecule has 0 amide bonds. The summed E-state index contributed by atoms with van der Waals surface area (Å²) in [6, 6.07) is 6.44. The zero-order valence-corrected chi connectivity index (χ0v) is 22.4. The van der Waals surface area contributed by atoms with Gasteiger partial charge < -0.3 is 20.7 Å². The van der Waals surface area contributed by atoms with E-state index in [-0.39, 0.29) is 12.2 Å². The lowest BCUT2D eigenvalue weighted by Gasteiger charge is -2.16. The van der Waals surface area contributed by atoms with E-state index in [0.29, 0.717) is 5.75 Å². The second kappa shape index (κ2) is 19.2. The van der Waals surface area contributed by atoms with Gasteiger partial charge in [0.2, 0.25) is 0 Å². The average Bonchev–Trinajstić information content (AvgIpc) is 2.80. The average molecular weight is 450 g/mol. The van der Waals surface area contributed by atoms with Gasteiger partial charge in [-0.2, -0.15) is 0 Å². The molecule has 0 spiro atoms. The molecule has 2 rings (SSSR count). The predicted molar refractivity (Wildman–Crippen MR) is 138 cm³/mol. The predicted octanol–water partition coefficient (Wildman–Crippen LogP) is 7.48. The molecule has 0 fully saturated rings. The monoisotopic (exact) mass is 449 g/mol. The van der Waals surface area contributed by atoms with Crippen LogP contribution in [-0.2, 0) is 11.2 Å². The number of carboxylic acids is 1. The van der Waals surface area contributed by atoms with Gasteiger partial charge in [0, 0.05) is 0 Å². The van der Waals surface area contributed by atoms with E-state index in [2.05, 4.69) is 0 Å². The number of benzene rings is 2. The van der Waals surface area contributed by atoms with Crippen LogP contribution in [0.2, 0.25) is 0 Å². The first-order valence-corrected chi connectivity index (χ1v) is 11.8. The second-order valence-electron chi connectivity index (χ2n) is 6.22. The SMILES string of the molecule is CC.CC.CC.CC.Cc1cc(Oc2c(C)cc(CC(N)C(=O)O)cc2C)cc(C)c1O. The molecule has 0 aliphatic heterocycles. The number of aliphatic carboxylic acids is 1. The first kappa shape index (κ1) is 34.1. The van der Waals surface area contributed by atoms with E-state index >= 15 is 0 Å². The van der Waals surface area contributed by atoms with Crippen molar-refractivity contribution in [2.24, 2.45) is 5.73 Å². The van der Waals surface area contributed by atoms with Gasteiger partial charge in [-0.1, -0.05) is 67.5 Å². The summed E-state index contributed by atoms with van der Waals surface area (Å²) in [5.41, 5.74) is 9.79. The third kappa shape index (κ3) is 11.2. The molecule has 0 heterocycles. The largest absolute Gasteiger partial charge is 0.507 e. The number of phenolic OH excluding ortho intramolecular Hbond substituents is 1. The molecule has 0 radical (unpaired) electrons. The summed E-state index contributed by atoms with van der Waals surface area (Å²) in [7, 11) is 0. The smallest absolute Gasteiger partial charge is 0.320 e. The molecule has 1 atom stereocenters. The van der Waals surface area contributed by atoms with Crippen molar-refractivity contribution in [3.63, 3.8) is 0 Å². The molecule has 0 bridgehead atoms. The van der Waals surface area contributed by atoms with Crippen LogP contribution >= 0.6 is 0 Å². The fraction of sp³-hybridized carbons (Fsp3) is 0.519. The third-order valence-electron chi connectivity index (χ3n) is 3.98. The van der Waals surface area contributed by atoms with Crippen molar-refractivity contribution in [3.8, 4) is 17.2 Å². The maximum atomic E-state index is 10.9. The van der Waals surface area contributed by atoms with Crippen LogP contribution in [0.15, 0.2) is 24.3 Å². The fourth-order valence-electron chi connectivity index (χ4n) is 2.75. The number of rotatable bonds is 5. The quantitative estimate of drug-likeness (QED) is 0.440. The molecule has 184 valence electrons. The van der Waals surface area contributed by atoms with Crippen molar-refractivity contribution in [1.29, 1.82) is 0 Å². The number of aromatic hydroxyl groups is 1. The summed E-state index contributed by atoms with van der Waals surface area (Å²) in [5, 5.41) is 18.8. The summed E-state index contributed by atoms with van der Waals surface area (Å²) >= 11 is 0. The Bertz CT molecular complexity index is 739. The van der Waals surface area contributed by atoms with Crippen molar-refractivity contribution in [1.82, 2.24) is 0 Å². The van der Waals surface area contributed by atoms with E-state index in [4.69, 9.17) is 15.6 Å². The Morgan fingerprint density at radius 3 is 1.53 bits per heavy atom. The van der Waals surface area contributed by atoms with E-state index in [1.54, 1.807) is 12.1 Å². The van der Waals surface area contributed by atoms with Gasteiger partial charge in [0.1, 0.15) is 23.3 Å². The minimum Gasteiger partial charge on any atom is -0.507 e. The summed E-state index contributed by atoms with van der Waals surface area (Å²) < 4.78 is 6.01.